The van der Waals surface area contributed by atoms with Crippen molar-refractivity contribution in [1.82, 2.24) is 9.71 Å². The van der Waals surface area contributed by atoms with E-state index in [4.69, 9.17) is 16.3 Å². The van der Waals surface area contributed by atoms with E-state index in [0.29, 0.717) is 5.75 Å². The number of rotatable bonds is 5. The van der Waals surface area contributed by atoms with Crippen LogP contribution in [0.3, 0.4) is 0 Å². The zero-order valence-electron chi connectivity index (χ0n) is 11.6. The van der Waals surface area contributed by atoms with Gasteiger partial charge in [0.2, 0.25) is 10.0 Å². The predicted molar refractivity (Wildman–Crippen MR) is 81.0 cm³/mol. The maximum atomic E-state index is 12.3. The number of hydrogen-bond donors (Lipinski definition) is 1. The number of nitrogens with one attached hydrogen (secondary N) is 1. The van der Waals surface area contributed by atoms with Crippen LogP contribution in [0.5, 0.6) is 5.75 Å². The molecule has 1 unspecified atom stereocenters. The molecule has 2 aromatic rings. The van der Waals surface area contributed by atoms with Crippen LogP contribution < -0.4 is 9.46 Å². The van der Waals surface area contributed by atoms with Crippen LogP contribution in [-0.4, -0.2) is 20.5 Å². The number of aromatic nitrogens is 1. The minimum absolute atomic E-state index is 0.0919. The molecule has 112 valence electrons. The van der Waals surface area contributed by atoms with Gasteiger partial charge in [-0.05, 0) is 42.8 Å². The van der Waals surface area contributed by atoms with Crippen molar-refractivity contribution in [3.05, 3.63) is 53.3 Å². The van der Waals surface area contributed by atoms with Gasteiger partial charge in [0.25, 0.3) is 0 Å². The lowest BCUT2D eigenvalue weighted by atomic mass is 10.1. The second kappa shape index (κ2) is 6.43. The minimum atomic E-state index is -3.67. The lowest BCUT2D eigenvalue weighted by molar-refractivity contribution is 0.414. The van der Waals surface area contributed by atoms with Crippen LogP contribution in [0.2, 0.25) is 5.02 Å². The highest BCUT2D eigenvalue weighted by Crippen LogP contribution is 2.27. The molecule has 0 saturated carbocycles. The number of halogens is 1. The first-order chi connectivity index (χ1) is 9.94. The van der Waals surface area contributed by atoms with Gasteiger partial charge in [0.05, 0.1) is 17.0 Å². The summed E-state index contributed by atoms with van der Waals surface area (Å²) in [7, 11) is -2.19. The lowest BCUT2D eigenvalue weighted by Crippen LogP contribution is -2.26. The summed E-state index contributed by atoms with van der Waals surface area (Å²) in [6, 6.07) is 7.48. The van der Waals surface area contributed by atoms with Crippen molar-refractivity contribution in [1.29, 1.82) is 0 Å². The molecule has 0 bridgehead atoms. The Morgan fingerprint density at radius 1 is 1.24 bits per heavy atom. The Balaban J connectivity index is 2.24. The SMILES string of the molecule is COc1ccc(S(=O)(=O)NC(C)c2ccncc2)cc1Cl. The van der Waals surface area contributed by atoms with Gasteiger partial charge in [-0.15, -0.1) is 0 Å². The minimum Gasteiger partial charge on any atom is -0.495 e. The number of ether oxygens (including phenoxy) is 1. The van der Waals surface area contributed by atoms with E-state index in [1.807, 2.05) is 0 Å². The molecule has 21 heavy (non-hydrogen) atoms. The van der Waals surface area contributed by atoms with Crippen molar-refractivity contribution in [2.45, 2.75) is 17.9 Å². The fourth-order valence-electron chi connectivity index (χ4n) is 1.84. The number of benzene rings is 1. The number of pyridine rings is 1. The first kappa shape index (κ1) is 15.8. The monoisotopic (exact) mass is 326 g/mol. The van der Waals surface area contributed by atoms with Crippen LogP contribution in [0, 0.1) is 0 Å². The van der Waals surface area contributed by atoms with Crippen LogP contribution in [0.4, 0.5) is 0 Å². The summed E-state index contributed by atoms with van der Waals surface area (Å²) < 4.78 is 32.3. The van der Waals surface area contributed by atoms with Crippen molar-refractivity contribution in [2.75, 3.05) is 7.11 Å². The number of methoxy groups -OCH3 is 1. The zero-order chi connectivity index (χ0) is 15.5. The smallest absolute Gasteiger partial charge is 0.241 e. The van der Waals surface area contributed by atoms with Crippen molar-refractivity contribution in [3.8, 4) is 5.75 Å². The summed E-state index contributed by atoms with van der Waals surface area (Å²) in [5.41, 5.74) is 0.827. The number of sulfonamides is 1. The standard InChI is InChI=1S/C14H15ClN2O3S/c1-10(11-5-7-16-8-6-11)17-21(18,19)12-3-4-14(20-2)13(15)9-12/h3-10,17H,1-2H3. The Hall–Kier alpha value is -1.63. The predicted octanol–water partition coefficient (Wildman–Crippen LogP) is 2.78. The van der Waals surface area contributed by atoms with Gasteiger partial charge in [0.15, 0.2) is 0 Å². The number of nitrogens with zero attached hydrogens (tertiary/aromatic N) is 1. The van der Waals surface area contributed by atoms with Crippen molar-refractivity contribution in [2.24, 2.45) is 0 Å². The summed E-state index contributed by atoms with van der Waals surface area (Å²) in [5, 5.41) is 0.247. The van der Waals surface area contributed by atoms with E-state index < -0.39 is 10.0 Å². The summed E-state index contributed by atoms with van der Waals surface area (Å²) in [4.78, 5) is 4.00. The maximum Gasteiger partial charge on any atom is 0.241 e. The Labute approximate surface area is 129 Å². The molecule has 2 rings (SSSR count). The van der Waals surface area contributed by atoms with E-state index in [-0.39, 0.29) is 16.0 Å². The average Bonchev–Trinajstić information content (AvgIpc) is 2.47. The van der Waals surface area contributed by atoms with E-state index in [1.165, 1.54) is 25.3 Å². The molecule has 0 aliphatic carbocycles. The molecule has 0 spiro atoms. The first-order valence-electron chi connectivity index (χ1n) is 6.20. The Kier molecular flexibility index (Phi) is 4.82. The summed E-state index contributed by atoms with van der Waals surface area (Å²) >= 11 is 5.96. The molecule has 0 saturated heterocycles. The van der Waals surface area contributed by atoms with Gasteiger partial charge in [-0.2, -0.15) is 0 Å². The van der Waals surface area contributed by atoms with Crippen LogP contribution in [-0.2, 0) is 10.0 Å². The topological polar surface area (TPSA) is 68.3 Å². The highest BCUT2D eigenvalue weighted by Gasteiger charge is 2.19. The lowest BCUT2D eigenvalue weighted by Gasteiger charge is -2.15. The van der Waals surface area contributed by atoms with Crippen LogP contribution in [0.15, 0.2) is 47.6 Å². The van der Waals surface area contributed by atoms with E-state index in [1.54, 1.807) is 31.5 Å². The van der Waals surface area contributed by atoms with Crippen LogP contribution >= 0.6 is 11.6 Å². The molecule has 0 amide bonds. The molecule has 1 N–H and O–H groups in total. The molecule has 5 nitrogen and oxygen atoms in total. The molecular weight excluding hydrogens is 312 g/mol. The van der Waals surface area contributed by atoms with E-state index in [0.717, 1.165) is 5.56 Å². The summed E-state index contributed by atoms with van der Waals surface area (Å²) in [5.74, 6) is 0.429. The highest BCUT2D eigenvalue weighted by atomic mass is 35.5. The fraction of sp³-hybridized carbons (Fsp3) is 0.214. The highest BCUT2D eigenvalue weighted by molar-refractivity contribution is 7.89. The van der Waals surface area contributed by atoms with Gasteiger partial charge in [0, 0.05) is 18.4 Å². The molecule has 1 atom stereocenters. The van der Waals surface area contributed by atoms with Gasteiger partial charge in [0.1, 0.15) is 5.75 Å². The third kappa shape index (κ3) is 3.72. The Bertz CT molecular complexity index is 720. The van der Waals surface area contributed by atoms with Crippen molar-refractivity contribution < 1.29 is 13.2 Å². The van der Waals surface area contributed by atoms with Gasteiger partial charge in [-0.3, -0.25) is 4.98 Å². The van der Waals surface area contributed by atoms with Crippen LogP contribution in [0.25, 0.3) is 0 Å². The van der Waals surface area contributed by atoms with E-state index >= 15 is 0 Å². The van der Waals surface area contributed by atoms with Crippen molar-refractivity contribution in [3.63, 3.8) is 0 Å². The third-order valence-corrected chi connectivity index (χ3v) is 4.81. The molecular formula is C14H15ClN2O3S. The van der Waals surface area contributed by atoms with Gasteiger partial charge in [-0.1, -0.05) is 11.6 Å². The van der Waals surface area contributed by atoms with Gasteiger partial charge in [-0.25, -0.2) is 13.1 Å². The number of hydrogen-bond acceptors (Lipinski definition) is 4. The fourth-order valence-corrected chi connectivity index (χ4v) is 3.42. The second-order valence-corrected chi connectivity index (χ2v) is 6.54. The molecule has 0 radical (unpaired) electrons. The third-order valence-electron chi connectivity index (χ3n) is 2.97. The van der Waals surface area contributed by atoms with Crippen molar-refractivity contribution >= 4 is 21.6 Å². The second-order valence-electron chi connectivity index (χ2n) is 4.42. The Morgan fingerprint density at radius 3 is 2.48 bits per heavy atom. The molecule has 0 aliphatic rings. The van der Waals surface area contributed by atoms with E-state index in [9.17, 15) is 8.42 Å². The maximum absolute atomic E-state index is 12.3. The van der Waals surface area contributed by atoms with Gasteiger partial charge < -0.3 is 4.74 Å². The average molecular weight is 327 g/mol. The summed E-state index contributed by atoms with van der Waals surface area (Å²) in [6.07, 6.45) is 3.23. The molecule has 1 aromatic heterocycles. The quantitative estimate of drug-likeness (QED) is 0.917. The largest absolute Gasteiger partial charge is 0.495 e. The van der Waals surface area contributed by atoms with Gasteiger partial charge >= 0.3 is 0 Å². The first-order valence-corrected chi connectivity index (χ1v) is 8.06. The molecule has 0 aliphatic heterocycles. The normalized spacial score (nSPS) is 12.9. The molecule has 1 aromatic carbocycles. The van der Waals surface area contributed by atoms with E-state index in [2.05, 4.69) is 9.71 Å². The molecule has 0 fully saturated rings. The van der Waals surface area contributed by atoms with Crippen LogP contribution in [0.1, 0.15) is 18.5 Å². The summed E-state index contributed by atoms with van der Waals surface area (Å²) in [6.45, 7) is 1.76. The molecule has 1 heterocycles. The molecule has 7 heteroatoms. The Morgan fingerprint density at radius 2 is 1.90 bits per heavy atom. The zero-order valence-corrected chi connectivity index (χ0v) is 13.1.